The summed E-state index contributed by atoms with van der Waals surface area (Å²) in [6.45, 7) is -0.125. The third kappa shape index (κ3) is 4.52. The third-order valence-corrected chi connectivity index (χ3v) is 5.89. The van der Waals surface area contributed by atoms with Crippen LogP contribution in [0.4, 0.5) is 18.9 Å². The van der Waals surface area contributed by atoms with Crippen LogP contribution in [-0.4, -0.2) is 8.42 Å². The number of alkyl halides is 3. The quantitative estimate of drug-likeness (QED) is 0.585. The van der Waals surface area contributed by atoms with Gasteiger partial charge in [0.1, 0.15) is 0 Å². The van der Waals surface area contributed by atoms with E-state index in [0.29, 0.717) is 5.69 Å². The van der Waals surface area contributed by atoms with E-state index in [1.165, 1.54) is 12.1 Å². The molecule has 4 nitrogen and oxygen atoms in total. The Morgan fingerprint density at radius 1 is 0.821 bits per heavy atom. The number of hydrazine groups is 1. The highest BCUT2D eigenvalue weighted by Crippen LogP contribution is 2.33. The first kappa shape index (κ1) is 19.9. The number of hydrogen-bond donors (Lipinski definition) is 2. The highest BCUT2D eigenvalue weighted by Gasteiger charge is 2.32. The molecule has 28 heavy (non-hydrogen) atoms. The van der Waals surface area contributed by atoms with Crippen molar-refractivity contribution in [2.24, 2.45) is 0 Å². The SMILES string of the molecule is O=S(=O)(c1ccccc1)c1ccc(C(F)(F)F)cc1CNNc1ccccc1. The lowest BCUT2D eigenvalue weighted by Gasteiger charge is -2.15. The topological polar surface area (TPSA) is 58.2 Å². The molecule has 0 aliphatic rings. The Kier molecular flexibility index (Phi) is 5.71. The van der Waals surface area contributed by atoms with Crippen molar-refractivity contribution in [1.82, 2.24) is 5.43 Å². The minimum absolute atomic E-state index is 0.0158. The highest BCUT2D eigenvalue weighted by molar-refractivity contribution is 7.91. The Morgan fingerprint density at radius 3 is 2.04 bits per heavy atom. The second kappa shape index (κ2) is 8.04. The molecule has 0 amide bonds. The number of hydrogen-bond acceptors (Lipinski definition) is 4. The van der Waals surface area contributed by atoms with Crippen molar-refractivity contribution >= 4 is 15.5 Å². The standard InChI is InChI=1S/C20H17F3N2O2S/c21-20(22,23)16-11-12-19(28(26,27)18-9-5-2-6-10-18)15(13-16)14-24-25-17-7-3-1-4-8-17/h1-13,24-25H,14H2. The molecule has 3 aromatic carbocycles. The minimum Gasteiger partial charge on any atom is -0.321 e. The van der Waals surface area contributed by atoms with E-state index >= 15 is 0 Å². The van der Waals surface area contributed by atoms with Gasteiger partial charge in [-0.15, -0.1) is 0 Å². The maximum atomic E-state index is 13.1. The van der Waals surface area contributed by atoms with Gasteiger partial charge in [-0.25, -0.2) is 13.8 Å². The lowest BCUT2D eigenvalue weighted by molar-refractivity contribution is -0.137. The number of rotatable bonds is 6. The molecule has 0 unspecified atom stereocenters. The van der Waals surface area contributed by atoms with Gasteiger partial charge in [-0.2, -0.15) is 13.2 Å². The lowest BCUT2D eigenvalue weighted by Crippen LogP contribution is -2.23. The molecule has 146 valence electrons. The van der Waals surface area contributed by atoms with E-state index in [2.05, 4.69) is 10.9 Å². The second-order valence-corrected chi connectivity index (χ2v) is 7.90. The number of benzene rings is 3. The van der Waals surface area contributed by atoms with Crippen LogP contribution in [0.15, 0.2) is 88.7 Å². The first-order valence-corrected chi connectivity index (χ1v) is 9.81. The van der Waals surface area contributed by atoms with Gasteiger partial charge >= 0.3 is 6.18 Å². The highest BCUT2D eigenvalue weighted by atomic mass is 32.2. The Hall–Kier alpha value is -2.84. The van der Waals surface area contributed by atoms with Crippen molar-refractivity contribution in [1.29, 1.82) is 0 Å². The van der Waals surface area contributed by atoms with Crippen LogP contribution < -0.4 is 10.9 Å². The molecule has 0 heterocycles. The zero-order chi connectivity index (χ0) is 20.2. The summed E-state index contributed by atoms with van der Waals surface area (Å²) in [5.41, 5.74) is 5.43. The van der Waals surface area contributed by atoms with Crippen molar-refractivity contribution in [3.8, 4) is 0 Å². The summed E-state index contributed by atoms with van der Waals surface area (Å²) in [5.74, 6) is 0. The first-order valence-electron chi connectivity index (χ1n) is 8.33. The molecule has 3 rings (SSSR count). The number of anilines is 1. The fourth-order valence-electron chi connectivity index (χ4n) is 2.65. The van der Waals surface area contributed by atoms with Crippen molar-refractivity contribution in [3.63, 3.8) is 0 Å². The van der Waals surface area contributed by atoms with Crippen LogP contribution >= 0.6 is 0 Å². The second-order valence-electron chi connectivity index (χ2n) is 5.98. The smallest absolute Gasteiger partial charge is 0.321 e. The monoisotopic (exact) mass is 406 g/mol. The van der Waals surface area contributed by atoms with E-state index < -0.39 is 21.6 Å². The molecule has 0 aliphatic heterocycles. The molecule has 0 radical (unpaired) electrons. The molecule has 0 aliphatic carbocycles. The predicted molar refractivity (Wildman–Crippen MR) is 100 cm³/mol. The van der Waals surface area contributed by atoms with Gasteiger partial charge in [-0.1, -0.05) is 36.4 Å². The van der Waals surface area contributed by atoms with Crippen molar-refractivity contribution in [2.45, 2.75) is 22.5 Å². The summed E-state index contributed by atoms with van der Waals surface area (Å²) in [4.78, 5) is -0.152. The van der Waals surface area contributed by atoms with Gasteiger partial charge in [0.15, 0.2) is 0 Å². The van der Waals surface area contributed by atoms with E-state index in [4.69, 9.17) is 0 Å². The maximum Gasteiger partial charge on any atom is 0.416 e. The predicted octanol–water partition coefficient (Wildman–Crippen LogP) is 4.65. The molecule has 2 N–H and O–H groups in total. The van der Waals surface area contributed by atoms with Crippen molar-refractivity contribution in [2.75, 3.05) is 5.43 Å². The zero-order valence-corrected chi connectivity index (χ0v) is 15.4. The molecule has 0 saturated carbocycles. The molecule has 0 aromatic heterocycles. The Bertz CT molecular complexity index is 1040. The molecule has 0 bridgehead atoms. The van der Waals surface area contributed by atoms with Crippen molar-refractivity contribution < 1.29 is 21.6 Å². The fourth-order valence-corrected chi connectivity index (χ4v) is 4.14. The van der Waals surface area contributed by atoms with E-state index in [-0.39, 0.29) is 21.9 Å². The molecule has 0 spiro atoms. The largest absolute Gasteiger partial charge is 0.416 e. The maximum absolute atomic E-state index is 13.1. The van der Waals surface area contributed by atoms with Gasteiger partial charge in [-0.3, -0.25) is 0 Å². The van der Waals surface area contributed by atoms with Gasteiger partial charge in [0.05, 0.1) is 15.4 Å². The summed E-state index contributed by atoms with van der Waals surface area (Å²) in [6, 6.07) is 19.2. The summed E-state index contributed by atoms with van der Waals surface area (Å²) < 4.78 is 65.2. The van der Waals surface area contributed by atoms with Gasteiger partial charge in [0, 0.05) is 12.2 Å². The van der Waals surface area contributed by atoms with E-state index in [1.54, 1.807) is 42.5 Å². The molecule has 0 fully saturated rings. The Balaban J connectivity index is 1.95. The Labute approximate surface area is 160 Å². The van der Waals surface area contributed by atoms with Crippen molar-refractivity contribution in [3.05, 3.63) is 90.0 Å². The van der Waals surface area contributed by atoms with E-state index in [9.17, 15) is 21.6 Å². The van der Waals surface area contributed by atoms with Crippen LogP contribution in [-0.2, 0) is 22.6 Å². The molecule has 8 heteroatoms. The molecule has 0 saturated heterocycles. The summed E-state index contributed by atoms with van der Waals surface area (Å²) in [6.07, 6.45) is -4.57. The zero-order valence-electron chi connectivity index (χ0n) is 14.6. The van der Waals surface area contributed by atoms with Crippen LogP contribution in [0.3, 0.4) is 0 Å². The van der Waals surface area contributed by atoms with Crippen LogP contribution in [0.5, 0.6) is 0 Å². The number of sulfone groups is 1. The third-order valence-electron chi connectivity index (χ3n) is 4.02. The van der Waals surface area contributed by atoms with Crippen LogP contribution in [0.25, 0.3) is 0 Å². The normalized spacial score (nSPS) is 12.0. The van der Waals surface area contributed by atoms with Crippen LogP contribution in [0.2, 0.25) is 0 Å². The summed E-state index contributed by atoms with van der Waals surface area (Å²) in [5, 5.41) is 0. The van der Waals surface area contributed by atoms with Gasteiger partial charge in [-0.05, 0) is 48.0 Å². The van der Waals surface area contributed by atoms with Gasteiger partial charge < -0.3 is 5.43 Å². The average Bonchev–Trinajstić information content (AvgIpc) is 2.68. The molecular weight excluding hydrogens is 389 g/mol. The van der Waals surface area contributed by atoms with E-state index in [1.807, 2.05) is 6.07 Å². The number of nitrogens with one attached hydrogen (secondary N) is 2. The average molecular weight is 406 g/mol. The minimum atomic E-state index is -4.57. The van der Waals surface area contributed by atoms with Gasteiger partial charge in [0.25, 0.3) is 0 Å². The summed E-state index contributed by atoms with van der Waals surface area (Å²) >= 11 is 0. The molecule has 0 atom stereocenters. The Morgan fingerprint density at radius 2 is 1.43 bits per heavy atom. The number of para-hydroxylation sites is 1. The molecule has 3 aromatic rings. The lowest BCUT2D eigenvalue weighted by atomic mass is 10.1. The van der Waals surface area contributed by atoms with Crippen LogP contribution in [0, 0.1) is 0 Å². The van der Waals surface area contributed by atoms with Crippen LogP contribution in [0.1, 0.15) is 11.1 Å². The number of halogens is 3. The first-order chi connectivity index (χ1) is 13.3. The molecular formula is C20H17F3N2O2S. The fraction of sp³-hybridized carbons (Fsp3) is 0.100. The van der Waals surface area contributed by atoms with E-state index in [0.717, 1.165) is 18.2 Å². The summed E-state index contributed by atoms with van der Waals surface area (Å²) in [7, 11) is -3.96. The van der Waals surface area contributed by atoms with Gasteiger partial charge in [0.2, 0.25) is 9.84 Å².